The number of rotatable bonds is 1. The van der Waals surface area contributed by atoms with Crippen LogP contribution in [0.15, 0.2) is 21.1 Å². The molecule has 0 aliphatic rings. The highest BCUT2D eigenvalue weighted by Gasteiger charge is 2.18. The van der Waals surface area contributed by atoms with Gasteiger partial charge in [0.25, 0.3) is 0 Å². The van der Waals surface area contributed by atoms with E-state index >= 15 is 0 Å². The predicted octanol–water partition coefficient (Wildman–Crippen LogP) is 4.87. The van der Waals surface area contributed by atoms with E-state index in [2.05, 4.69) is 37.2 Å². The van der Waals surface area contributed by atoms with E-state index in [0.717, 1.165) is 14.5 Å². The maximum absolute atomic E-state index is 11.6. The molecule has 17 heavy (non-hydrogen) atoms. The summed E-state index contributed by atoms with van der Waals surface area (Å²) in [5.41, 5.74) is 1.26. The van der Waals surface area contributed by atoms with Crippen molar-refractivity contribution in [3.05, 3.63) is 26.6 Å². The Hall–Kier alpha value is -0.550. The van der Waals surface area contributed by atoms with E-state index in [-0.39, 0.29) is 0 Å². The number of carbonyl (C=O) groups excluding carboxylic acids is 1. The normalized spacial score (nSPS) is 11.2. The van der Waals surface area contributed by atoms with Gasteiger partial charge in [-0.15, -0.1) is 0 Å². The van der Waals surface area contributed by atoms with Crippen LogP contribution < -0.4 is 5.32 Å². The minimum Gasteiger partial charge on any atom is -0.444 e. The van der Waals surface area contributed by atoms with E-state index in [0.29, 0.717) is 5.69 Å². The van der Waals surface area contributed by atoms with Crippen LogP contribution in [-0.4, -0.2) is 11.7 Å². The lowest BCUT2D eigenvalue weighted by Crippen LogP contribution is -2.27. The largest absolute Gasteiger partial charge is 0.444 e. The average Bonchev–Trinajstić information content (AvgIpc) is 2.08. The molecule has 0 aromatic heterocycles. The lowest BCUT2D eigenvalue weighted by atomic mass is 10.2. The predicted molar refractivity (Wildman–Crippen MR) is 76.4 cm³/mol. The van der Waals surface area contributed by atoms with Gasteiger partial charge < -0.3 is 4.74 Å². The molecule has 1 aromatic carbocycles. The van der Waals surface area contributed by atoms with E-state index in [9.17, 15) is 4.79 Å². The molecule has 0 atom stereocenters. The summed E-state index contributed by atoms with van der Waals surface area (Å²) in [7, 11) is 0. The Morgan fingerprint density at radius 1 is 1.24 bits per heavy atom. The van der Waals surface area contributed by atoms with Gasteiger partial charge in [-0.2, -0.15) is 0 Å². The van der Waals surface area contributed by atoms with Gasteiger partial charge in [-0.3, -0.25) is 5.32 Å². The maximum atomic E-state index is 11.6. The molecule has 0 fully saturated rings. The fraction of sp³-hybridized carbons (Fsp3) is 0.417. The molecule has 1 rings (SSSR count). The molecule has 0 heterocycles. The van der Waals surface area contributed by atoms with E-state index < -0.39 is 11.7 Å². The standard InChI is InChI=1S/C12H15Br2NO2/c1-7-5-8(13)10(9(14)6-7)15-11(16)17-12(2,3)4/h5-6H,1-4H3,(H,15,16). The van der Waals surface area contributed by atoms with Gasteiger partial charge in [0.2, 0.25) is 0 Å². The quantitative estimate of drug-likeness (QED) is 0.772. The topological polar surface area (TPSA) is 38.3 Å². The van der Waals surface area contributed by atoms with Gasteiger partial charge in [-0.1, -0.05) is 0 Å². The Labute approximate surface area is 118 Å². The number of aryl methyl sites for hydroxylation is 1. The van der Waals surface area contributed by atoms with Crippen molar-refractivity contribution in [2.24, 2.45) is 0 Å². The van der Waals surface area contributed by atoms with Gasteiger partial charge in [-0.25, -0.2) is 4.79 Å². The Bertz CT molecular complexity index is 416. The second-order valence-corrected chi connectivity index (χ2v) is 6.44. The molecule has 3 nitrogen and oxygen atoms in total. The third-order valence-electron chi connectivity index (χ3n) is 1.81. The van der Waals surface area contributed by atoms with E-state index in [1.165, 1.54) is 0 Å². The molecule has 0 saturated carbocycles. The van der Waals surface area contributed by atoms with Crippen molar-refractivity contribution in [3.63, 3.8) is 0 Å². The smallest absolute Gasteiger partial charge is 0.412 e. The van der Waals surface area contributed by atoms with Gasteiger partial charge >= 0.3 is 6.09 Å². The van der Waals surface area contributed by atoms with E-state index in [1.54, 1.807) is 0 Å². The summed E-state index contributed by atoms with van der Waals surface area (Å²) < 4.78 is 6.82. The number of ether oxygens (including phenoxy) is 1. The number of halogens is 2. The Morgan fingerprint density at radius 2 is 1.71 bits per heavy atom. The first kappa shape index (κ1) is 14.5. The summed E-state index contributed by atoms with van der Waals surface area (Å²) in [5, 5.41) is 2.71. The van der Waals surface area contributed by atoms with Crippen molar-refractivity contribution in [2.45, 2.75) is 33.3 Å². The van der Waals surface area contributed by atoms with Crippen molar-refractivity contribution in [1.29, 1.82) is 0 Å². The molecule has 0 saturated heterocycles. The first-order chi connectivity index (χ1) is 7.69. The molecular formula is C12H15Br2NO2. The zero-order valence-corrected chi connectivity index (χ0v) is 13.4. The van der Waals surface area contributed by atoms with Gasteiger partial charge in [0.15, 0.2) is 0 Å². The summed E-state index contributed by atoms with van der Waals surface area (Å²) >= 11 is 6.81. The number of benzene rings is 1. The number of hydrogen-bond donors (Lipinski definition) is 1. The van der Waals surface area contributed by atoms with Crippen LogP contribution in [0.3, 0.4) is 0 Å². The van der Waals surface area contributed by atoms with Crippen LogP contribution >= 0.6 is 31.9 Å². The average molecular weight is 365 g/mol. The molecule has 0 aliphatic heterocycles. The molecule has 94 valence electrons. The van der Waals surface area contributed by atoms with Crippen LogP contribution in [0.5, 0.6) is 0 Å². The van der Waals surface area contributed by atoms with Gasteiger partial charge in [-0.05, 0) is 77.3 Å². The SMILES string of the molecule is Cc1cc(Br)c(NC(=O)OC(C)(C)C)c(Br)c1. The third-order valence-corrected chi connectivity index (χ3v) is 3.06. The fourth-order valence-corrected chi connectivity index (χ4v) is 2.84. The Morgan fingerprint density at radius 3 is 2.12 bits per heavy atom. The monoisotopic (exact) mass is 363 g/mol. The van der Waals surface area contributed by atoms with Crippen LogP contribution in [0, 0.1) is 6.92 Å². The lowest BCUT2D eigenvalue weighted by molar-refractivity contribution is 0.0635. The number of amides is 1. The minimum absolute atomic E-state index is 0.470. The number of nitrogens with one attached hydrogen (secondary N) is 1. The van der Waals surface area contributed by atoms with Gasteiger partial charge in [0, 0.05) is 8.95 Å². The second-order valence-electron chi connectivity index (χ2n) is 4.73. The molecule has 1 aromatic rings. The highest BCUT2D eigenvalue weighted by molar-refractivity contribution is 9.11. The Balaban J connectivity index is 2.86. The summed E-state index contributed by atoms with van der Waals surface area (Å²) in [4.78, 5) is 11.6. The molecule has 0 unspecified atom stereocenters. The summed E-state index contributed by atoms with van der Waals surface area (Å²) in [6, 6.07) is 3.86. The molecule has 0 bridgehead atoms. The van der Waals surface area contributed by atoms with Gasteiger partial charge in [0.1, 0.15) is 5.60 Å². The molecule has 1 amide bonds. The molecule has 5 heteroatoms. The maximum Gasteiger partial charge on any atom is 0.412 e. The van der Waals surface area contributed by atoms with Crippen LogP contribution in [0.1, 0.15) is 26.3 Å². The fourth-order valence-electron chi connectivity index (χ4n) is 1.22. The minimum atomic E-state index is -0.506. The summed E-state index contributed by atoms with van der Waals surface area (Å²) in [6.07, 6.45) is -0.470. The van der Waals surface area contributed by atoms with Crippen LogP contribution in [-0.2, 0) is 4.74 Å². The first-order valence-corrected chi connectivity index (χ1v) is 6.73. The molecule has 0 spiro atoms. The molecule has 1 N–H and O–H groups in total. The van der Waals surface area contributed by atoms with Crippen LogP contribution in [0.2, 0.25) is 0 Å². The second kappa shape index (κ2) is 5.40. The highest BCUT2D eigenvalue weighted by Crippen LogP contribution is 2.32. The van der Waals surface area contributed by atoms with E-state index in [1.807, 2.05) is 39.8 Å². The van der Waals surface area contributed by atoms with Crippen molar-refractivity contribution in [2.75, 3.05) is 5.32 Å². The van der Waals surface area contributed by atoms with Gasteiger partial charge in [0.05, 0.1) is 5.69 Å². The van der Waals surface area contributed by atoms with Crippen LogP contribution in [0.4, 0.5) is 10.5 Å². The lowest BCUT2D eigenvalue weighted by Gasteiger charge is -2.20. The summed E-state index contributed by atoms with van der Waals surface area (Å²) in [5.74, 6) is 0. The number of carbonyl (C=O) groups is 1. The number of hydrogen-bond acceptors (Lipinski definition) is 2. The van der Waals surface area contributed by atoms with E-state index in [4.69, 9.17) is 4.74 Å². The third kappa shape index (κ3) is 4.68. The molecular weight excluding hydrogens is 350 g/mol. The van der Waals surface area contributed by atoms with Crippen molar-refractivity contribution in [3.8, 4) is 0 Å². The first-order valence-electron chi connectivity index (χ1n) is 5.15. The Kier molecular flexibility index (Phi) is 4.61. The number of anilines is 1. The van der Waals surface area contributed by atoms with Crippen molar-refractivity contribution < 1.29 is 9.53 Å². The van der Waals surface area contributed by atoms with Crippen molar-refractivity contribution in [1.82, 2.24) is 0 Å². The van der Waals surface area contributed by atoms with Crippen LogP contribution in [0.25, 0.3) is 0 Å². The molecule has 0 aliphatic carbocycles. The molecule has 0 radical (unpaired) electrons. The van der Waals surface area contributed by atoms with Crippen molar-refractivity contribution >= 4 is 43.6 Å². The summed E-state index contributed by atoms with van der Waals surface area (Å²) in [6.45, 7) is 7.45. The highest BCUT2D eigenvalue weighted by atomic mass is 79.9. The zero-order valence-electron chi connectivity index (χ0n) is 10.2. The zero-order chi connectivity index (χ0) is 13.2.